The summed E-state index contributed by atoms with van der Waals surface area (Å²) in [6, 6.07) is 5.61. The molecule has 0 saturated carbocycles. The predicted molar refractivity (Wildman–Crippen MR) is 77.7 cm³/mol. The maximum atomic E-state index is 11.8. The van der Waals surface area contributed by atoms with E-state index in [1.165, 1.54) is 4.90 Å². The first kappa shape index (κ1) is 14.0. The van der Waals surface area contributed by atoms with Crippen LogP contribution in [-0.2, 0) is 13.5 Å². The number of carbonyl (C=O) groups excluding carboxylic acids is 1. The fraction of sp³-hybridized carbons (Fsp3) is 0.357. The third-order valence-corrected chi connectivity index (χ3v) is 2.86. The molecular formula is C14H19N5O. The average Bonchev–Trinajstić information content (AvgIpc) is 2.84. The molecule has 1 N–H and O–H groups in total. The lowest BCUT2D eigenvalue weighted by atomic mass is 10.2. The van der Waals surface area contributed by atoms with E-state index in [4.69, 9.17) is 0 Å². The van der Waals surface area contributed by atoms with Gasteiger partial charge in [-0.1, -0.05) is 0 Å². The number of hydrogen-bond donors (Lipinski definition) is 1. The van der Waals surface area contributed by atoms with Crippen LogP contribution in [0, 0.1) is 0 Å². The van der Waals surface area contributed by atoms with Gasteiger partial charge in [0.2, 0.25) is 0 Å². The number of rotatable bonds is 5. The molecule has 106 valence electrons. The molecule has 0 unspecified atom stereocenters. The second-order valence-electron chi connectivity index (χ2n) is 4.79. The number of aryl methyl sites for hydroxylation is 1. The van der Waals surface area contributed by atoms with Crippen molar-refractivity contribution in [3.63, 3.8) is 0 Å². The molecule has 0 radical (unpaired) electrons. The Hall–Kier alpha value is -2.37. The van der Waals surface area contributed by atoms with Crippen molar-refractivity contribution in [1.82, 2.24) is 19.7 Å². The van der Waals surface area contributed by atoms with Gasteiger partial charge < -0.3 is 10.2 Å². The molecule has 6 nitrogen and oxygen atoms in total. The Morgan fingerprint density at radius 3 is 2.85 bits per heavy atom. The minimum Gasteiger partial charge on any atom is -0.385 e. The van der Waals surface area contributed by atoms with Crippen LogP contribution in [0.4, 0.5) is 5.69 Å². The van der Waals surface area contributed by atoms with Crippen LogP contribution in [0.5, 0.6) is 0 Å². The zero-order valence-electron chi connectivity index (χ0n) is 12.0. The molecular weight excluding hydrogens is 254 g/mol. The Bertz CT molecular complexity index is 591. The van der Waals surface area contributed by atoms with Crippen molar-refractivity contribution in [3.05, 3.63) is 42.0 Å². The zero-order valence-corrected chi connectivity index (χ0v) is 12.0. The minimum absolute atomic E-state index is 0.0987. The molecule has 0 saturated heterocycles. The lowest BCUT2D eigenvalue weighted by molar-refractivity contribution is 0.0822. The number of aromatic nitrogens is 3. The third-order valence-electron chi connectivity index (χ3n) is 2.86. The van der Waals surface area contributed by atoms with Gasteiger partial charge in [-0.3, -0.25) is 14.5 Å². The standard InChI is InChI=1S/C14H19N5O/c1-18(2)14(20)13-10-12(5-8-16-13)15-7-4-11-6-9-19(3)17-11/h5-6,8-10H,4,7H2,1-3H3,(H,15,16). The van der Waals surface area contributed by atoms with Crippen molar-refractivity contribution in [2.75, 3.05) is 26.0 Å². The maximum absolute atomic E-state index is 11.8. The monoisotopic (exact) mass is 273 g/mol. The molecule has 0 spiro atoms. The first-order chi connectivity index (χ1) is 9.56. The Labute approximate surface area is 118 Å². The summed E-state index contributed by atoms with van der Waals surface area (Å²) in [6.45, 7) is 0.761. The summed E-state index contributed by atoms with van der Waals surface area (Å²) in [7, 11) is 5.33. The van der Waals surface area contributed by atoms with Gasteiger partial charge in [-0.25, -0.2) is 0 Å². The van der Waals surface area contributed by atoms with Crippen LogP contribution in [-0.4, -0.2) is 46.2 Å². The number of carbonyl (C=O) groups is 1. The molecule has 2 aromatic heterocycles. The second-order valence-corrected chi connectivity index (χ2v) is 4.79. The fourth-order valence-corrected chi connectivity index (χ4v) is 1.82. The Balaban J connectivity index is 1.93. The third kappa shape index (κ3) is 3.57. The number of nitrogens with one attached hydrogen (secondary N) is 1. The maximum Gasteiger partial charge on any atom is 0.272 e. The van der Waals surface area contributed by atoms with Crippen LogP contribution in [0.3, 0.4) is 0 Å². The molecule has 2 rings (SSSR count). The number of nitrogens with zero attached hydrogens (tertiary/aromatic N) is 4. The lowest BCUT2D eigenvalue weighted by Gasteiger charge is -2.11. The molecule has 2 heterocycles. The Morgan fingerprint density at radius 2 is 2.20 bits per heavy atom. The van der Waals surface area contributed by atoms with Crippen molar-refractivity contribution < 1.29 is 4.79 Å². The van der Waals surface area contributed by atoms with Gasteiger partial charge in [0.1, 0.15) is 5.69 Å². The summed E-state index contributed by atoms with van der Waals surface area (Å²) >= 11 is 0. The molecule has 1 amide bonds. The quantitative estimate of drug-likeness (QED) is 0.888. The van der Waals surface area contributed by atoms with E-state index >= 15 is 0 Å². The molecule has 0 aliphatic carbocycles. The highest BCUT2D eigenvalue weighted by Crippen LogP contribution is 2.09. The molecule has 0 bridgehead atoms. The zero-order chi connectivity index (χ0) is 14.5. The smallest absolute Gasteiger partial charge is 0.272 e. The van der Waals surface area contributed by atoms with E-state index in [0.717, 1.165) is 24.3 Å². The van der Waals surface area contributed by atoms with Gasteiger partial charge in [0, 0.05) is 52.2 Å². The highest BCUT2D eigenvalue weighted by atomic mass is 16.2. The first-order valence-electron chi connectivity index (χ1n) is 6.46. The molecule has 0 aliphatic heterocycles. The van der Waals surface area contributed by atoms with Gasteiger partial charge in [-0.05, 0) is 18.2 Å². The predicted octanol–water partition coefficient (Wildman–Crippen LogP) is 1.17. The largest absolute Gasteiger partial charge is 0.385 e. The van der Waals surface area contributed by atoms with E-state index in [1.54, 1.807) is 31.0 Å². The minimum atomic E-state index is -0.0987. The van der Waals surface area contributed by atoms with Crippen molar-refractivity contribution in [1.29, 1.82) is 0 Å². The number of anilines is 1. The molecule has 20 heavy (non-hydrogen) atoms. The van der Waals surface area contributed by atoms with E-state index in [1.807, 2.05) is 25.4 Å². The number of pyridine rings is 1. The Kier molecular flexibility index (Phi) is 4.34. The van der Waals surface area contributed by atoms with Crippen molar-refractivity contribution in [3.8, 4) is 0 Å². The summed E-state index contributed by atoms with van der Waals surface area (Å²) in [6.07, 6.45) is 4.40. The van der Waals surface area contributed by atoms with Crippen molar-refractivity contribution >= 4 is 11.6 Å². The van der Waals surface area contributed by atoms with Crippen LogP contribution in [0.25, 0.3) is 0 Å². The molecule has 0 fully saturated rings. The van der Waals surface area contributed by atoms with E-state index in [2.05, 4.69) is 15.4 Å². The second kappa shape index (κ2) is 6.18. The highest BCUT2D eigenvalue weighted by Gasteiger charge is 2.09. The Morgan fingerprint density at radius 1 is 1.40 bits per heavy atom. The van der Waals surface area contributed by atoms with Gasteiger partial charge in [-0.15, -0.1) is 0 Å². The summed E-state index contributed by atoms with van der Waals surface area (Å²) < 4.78 is 1.79. The van der Waals surface area contributed by atoms with Crippen LogP contribution in [0.2, 0.25) is 0 Å². The van der Waals surface area contributed by atoms with Crippen LogP contribution in [0.15, 0.2) is 30.6 Å². The van der Waals surface area contributed by atoms with Gasteiger partial charge in [0.05, 0.1) is 5.69 Å². The number of hydrogen-bond acceptors (Lipinski definition) is 4. The molecule has 0 aromatic carbocycles. The van der Waals surface area contributed by atoms with Gasteiger partial charge >= 0.3 is 0 Å². The average molecular weight is 273 g/mol. The first-order valence-corrected chi connectivity index (χ1v) is 6.46. The lowest BCUT2D eigenvalue weighted by Crippen LogP contribution is -2.22. The molecule has 0 atom stereocenters. The molecule has 2 aromatic rings. The van der Waals surface area contributed by atoms with Gasteiger partial charge in [0.15, 0.2) is 0 Å². The van der Waals surface area contributed by atoms with E-state index < -0.39 is 0 Å². The van der Waals surface area contributed by atoms with Crippen LogP contribution >= 0.6 is 0 Å². The van der Waals surface area contributed by atoms with E-state index in [0.29, 0.717) is 5.69 Å². The van der Waals surface area contributed by atoms with Crippen molar-refractivity contribution in [2.24, 2.45) is 7.05 Å². The SMILES string of the molecule is CN(C)C(=O)c1cc(NCCc2ccn(C)n2)ccn1. The fourth-order valence-electron chi connectivity index (χ4n) is 1.82. The van der Waals surface area contributed by atoms with Gasteiger partial charge in [-0.2, -0.15) is 5.10 Å². The summed E-state index contributed by atoms with van der Waals surface area (Å²) in [5, 5.41) is 7.59. The topological polar surface area (TPSA) is 63.1 Å². The summed E-state index contributed by atoms with van der Waals surface area (Å²) in [5.41, 5.74) is 2.37. The van der Waals surface area contributed by atoms with E-state index in [-0.39, 0.29) is 5.91 Å². The summed E-state index contributed by atoms with van der Waals surface area (Å²) in [5.74, 6) is -0.0987. The van der Waals surface area contributed by atoms with Crippen molar-refractivity contribution in [2.45, 2.75) is 6.42 Å². The normalized spacial score (nSPS) is 10.3. The van der Waals surface area contributed by atoms with Gasteiger partial charge in [0.25, 0.3) is 5.91 Å². The number of amides is 1. The van der Waals surface area contributed by atoms with E-state index in [9.17, 15) is 4.79 Å². The summed E-state index contributed by atoms with van der Waals surface area (Å²) in [4.78, 5) is 17.4. The molecule has 6 heteroatoms. The molecule has 0 aliphatic rings. The highest BCUT2D eigenvalue weighted by molar-refractivity contribution is 5.92. The van der Waals surface area contributed by atoms with Crippen LogP contribution in [0.1, 0.15) is 16.2 Å². The van der Waals surface area contributed by atoms with Crippen LogP contribution < -0.4 is 5.32 Å².